The summed E-state index contributed by atoms with van der Waals surface area (Å²) >= 11 is 1.76. The van der Waals surface area contributed by atoms with Crippen LogP contribution in [0, 0.1) is 0 Å². The zero-order chi connectivity index (χ0) is 14.2. The summed E-state index contributed by atoms with van der Waals surface area (Å²) in [5.74, 6) is 0. The van der Waals surface area contributed by atoms with Crippen molar-refractivity contribution in [3.63, 3.8) is 0 Å². The van der Waals surface area contributed by atoms with E-state index in [2.05, 4.69) is 47.5 Å². The van der Waals surface area contributed by atoms with Crippen molar-refractivity contribution in [2.24, 2.45) is 5.73 Å². The van der Waals surface area contributed by atoms with Crippen LogP contribution in [-0.2, 0) is 19.5 Å². The van der Waals surface area contributed by atoms with Crippen LogP contribution in [0.2, 0.25) is 0 Å². The zero-order valence-electron chi connectivity index (χ0n) is 12.5. The highest BCUT2D eigenvalue weighted by molar-refractivity contribution is 7.09. The van der Waals surface area contributed by atoms with E-state index in [1.165, 1.54) is 16.3 Å². The molecule has 2 aromatic rings. The van der Waals surface area contributed by atoms with E-state index in [0.717, 1.165) is 32.5 Å². The van der Waals surface area contributed by atoms with E-state index in [-0.39, 0.29) is 12.4 Å². The summed E-state index contributed by atoms with van der Waals surface area (Å²) in [5.41, 5.74) is 8.28. The molecule has 0 saturated carbocycles. The van der Waals surface area contributed by atoms with Crippen molar-refractivity contribution in [1.29, 1.82) is 0 Å². The molecule has 2 N–H and O–H groups in total. The lowest BCUT2D eigenvalue weighted by atomic mass is 10.2. The van der Waals surface area contributed by atoms with E-state index < -0.39 is 0 Å². The second kappa shape index (κ2) is 9.90. The summed E-state index contributed by atoms with van der Waals surface area (Å²) in [4.78, 5) is 7.06. The van der Waals surface area contributed by atoms with Gasteiger partial charge in [0.2, 0.25) is 0 Å². The van der Waals surface area contributed by atoms with Gasteiger partial charge in [0, 0.05) is 25.0 Å². The number of nitrogens with zero attached hydrogens (tertiary/aromatic N) is 2. The van der Waals surface area contributed by atoms with Gasteiger partial charge in [-0.2, -0.15) is 0 Å². The quantitative estimate of drug-likeness (QED) is 0.808. The Morgan fingerprint density at radius 1 is 1.19 bits per heavy atom. The third-order valence-electron chi connectivity index (χ3n) is 3.16. The summed E-state index contributed by atoms with van der Waals surface area (Å²) in [6.07, 6.45) is 2.23. The first-order valence-corrected chi connectivity index (χ1v) is 8.09. The normalized spacial score (nSPS) is 10.6. The van der Waals surface area contributed by atoms with Crippen LogP contribution in [-0.4, -0.2) is 23.0 Å². The van der Waals surface area contributed by atoms with Crippen LogP contribution in [0.15, 0.2) is 35.7 Å². The van der Waals surface area contributed by atoms with Gasteiger partial charge in [0.25, 0.3) is 0 Å². The number of hydrogen-bond donors (Lipinski definition) is 1. The number of thiazole rings is 1. The van der Waals surface area contributed by atoms with Crippen LogP contribution in [0.4, 0.5) is 0 Å². The molecule has 0 amide bonds. The predicted octanol–water partition coefficient (Wildman–Crippen LogP) is 3.48. The van der Waals surface area contributed by atoms with Gasteiger partial charge >= 0.3 is 0 Å². The molecule has 0 spiro atoms. The van der Waals surface area contributed by atoms with Gasteiger partial charge in [-0.1, -0.05) is 43.7 Å². The monoisotopic (exact) mass is 325 g/mol. The number of halogens is 1. The Kier molecular flexibility index (Phi) is 8.54. The van der Waals surface area contributed by atoms with Gasteiger partial charge < -0.3 is 5.73 Å². The summed E-state index contributed by atoms with van der Waals surface area (Å²) in [5, 5.41) is 3.37. The molecule has 1 aromatic carbocycles. The maximum Gasteiger partial charge on any atom is 0.107 e. The van der Waals surface area contributed by atoms with E-state index in [4.69, 9.17) is 10.7 Å². The molecule has 0 fully saturated rings. The fraction of sp³-hybridized carbons (Fsp3) is 0.438. The highest BCUT2D eigenvalue weighted by atomic mass is 35.5. The maximum absolute atomic E-state index is 5.73. The summed E-state index contributed by atoms with van der Waals surface area (Å²) in [6.45, 7) is 5.59. The molecule has 0 saturated heterocycles. The van der Waals surface area contributed by atoms with Crippen molar-refractivity contribution >= 4 is 23.7 Å². The number of hydrogen-bond acceptors (Lipinski definition) is 4. The molecular weight excluding hydrogens is 302 g/mol. The fourth-order valence-electron chi connectivity index (χ4n) is 2.22. The smallest absolute Gasteiger partial charge is 0.107 e. The molecule has 116 valence electrons. The first-order valence-electron chi connectivity index (χ1n) is 7.21. The predicted molar refractivity (Wildman–Crippen MR) is 93.0 cm³/mol. The Morgan fingerprint density at radius 2 is 1.95 bits per heavy atom. The van der Waals surface area contributed by atoms with Gasteiger partial charge in [-0.05, 0) is 12.0 Å². The Morgan fingerprint density at radius 3 is 2.62 bits per heavy atom. The average molecular weight is 326 g/mol. The van der Waals surface area contributed by atoms with Crippen LogP contribution in [0.3, 0.4) is 0 Å². The van der Waals surface area contributed by atoms with Crippen LogP contribution in [0.25, 0.3) is 0 Å². The van der Waals surface area contributed by atoms with E-state index in [1.54, 1.807) is 11.3 Å². The van der Waals surface area contributed by atoms with Crippen LogP contribution in [0.5, 0.6) is 0 Å². The molecule has 0 bridgehead atoms. The van der Waals surface area contributed by atoms with Crippen molar-refractivity contribution in [2.75, 3.05) is 13.1 Å². The SMILES string of the molecule is CCCc1csc(CN(CCN)Cc2ccccc2)n1.Cl. The van der Waals surface area contributed by atoms with Gasteiger partial charge in [0.05, 0.1) is 12.2 Å². The Hall–Kier alpha value is -0.940. The Bertz CT molecular complexity index is 501. The van der Waals surface area contributed by atoms with Crippen LogP contribution < -0.4 is 5.73 Å². The van der Waals surface area contributed by atoms with E-state index in [0.29, 0.717) is 6.54 Å². The second-order valence-electron chi connectivity index (χ2n) is 4.97. The molecule has 2 rings (SSSR count). The topological polar surface area (TPSA) is 42.1 Å². The third kappa shape index (κ3) is 6.14. The van der Waals surface area contributed by atoms with Gasteiger partial charge in [-0.15, -0.1) is 23.7 Å². The average Bonchev–Trinajstić information content (AvgIpc) is 2.88. The third-order valence-corrected chi connectivity index (χ3v) is 4.04. The van der Waals surface area contributed by atoms with Crippen molar-refractivity contribution in [2.45, 2.75) is 32.9 Å². The molecule has 1 heterocycles. The van der Waals surface area contributed by atoms with E-state index >= 15 is 0 Å². The highest BCUT2D eigenvalue weighted by Crippen LogP contribution is 2.15. The molecule has 5 heteroatoms. The first kappa shape index (κ1) is 18.1. The van der Waals surface area contributed by atoms with E-state index in [1.807, 2.05) is 0 Å². The van der Waals surface area contributed by atoms with Crippen LogP contribution in [0.1, 0.15) is 29.6 Å². The fourth-order valence-corrected chi connectivity index (χ4v) is 3.09. The van der Waals surface area contributed by atoms with Gasteiger partial charge in [0.1, 0.15) is 5.01 Å². The van der Waals surface area contributed by atoms with Gasteiger partial charge in [-0.3, -0.25) is 4.90 Å². The number of aromatic nitrogens is 1. The largest absolute Gasteiger partial charge is 0.329 e. The Labute approximate surface area is 137 Å². The zero-order valence-corrected chi connectivity index (χ0v) is 14.1. The minimum atomic E-state index is 0. The maximum atomic E-state index is 5.73. The number of benzene rings is 1. The standard InChI is InChI=1S/C16H23N3S.ClH/c1-2-6-15-13-20-16(18-15)12-19(10-9-17)11-14-7-4-3-5-8-14;/h3-5,7-8,13H,2,6,9-12,17H2,1H3;1H. The highest BCUT2D eigenvalue weighted by Gasteiger charge is 2.09. The molecule has 0 radical (unpaired) electrons. The second-order valence-corrected chi connectivity index (χ2v) is 5.91. The molecule has 1 aromatic heterocycles. The lowest BCUT2D eigenvalue weighted by Gasteiger charge is -2.20. The molecular formula is C16H24ClN3S. The van der Waals surface area contributed by atoms with Gasteiger partial charge in [-0.25, -0.2) is 4.98 Å². The molecule has 3 nitrogen and oxygen atoms in total. The number of nitrogens with two attached hydrogens (primary N) is 1. The number of rotatable bonds is 8. The molecule has 0 aliphatic heterocycles. The molecule has 21 heavy (non-hydrogen) atoms. The van der Waals surface area contributed by atoms with Crippen molar-refractivity contribution in [1.82, 2.24) is 9.88 Å². The van der Waals surface area contributed by atoms with Crippen LogP contribution >= 0.6 is 23.7 Å². The minimum absolute atomic E-state index is 0. The summed E-state index contributed by atoms with van der Waals surface area (Å²) in [6, 6.07) is 10.5. The number of aryl methyl sites for hydroxylation is 1. The molecule has 0 unspecified atom stereocenters. The lowest BCUT2D eigenvalue weighted by molar-refractivity contribution is 0.264. The van der Waals surface area contributed by atoms with Crippen molar-refractivity contribution < 1.29 is 0 Å². The van der Waals surface area contributed by atoms with Crippen molar-refractivity contribution in [3.05, 3.63) is 52.0 Å². The van der Waals surface area contributed by atoms with Crippen molar-refractivity contribution in [3.8, 4) is 0 Å². The molecule has 0 aliphatic carbocycles. The molecule has 0 atom stereocenters. The molecule has 0 aliphatic rings. The summed E-state index contributed by atoms with van der Waals surface area (Å²) < 4.78 is 0. The minimum Gasteiger partial charge on any atom is -0.329 e. The first-order chi connectivity index (χ1) is 9.81. The van der Waals surface area contributed by atoms with Gasteiger partial charge in [0.15, 0.2) is 0 Å². The lowest BCUT2D eigenvalue weighted by Crippen LogP contribution is -2.28. The Balaban J connectivity index is 0.00000220. The summed E-state index contributed by atoms with van der Waals surface area (Å²) in [7, 11) is 0. The van der Waals surface area contributed by atoms with E-state index in [9.17, 15) is 0 Å².